The summed E-state index contributed by atoms with van der Waals surface area (Å²) in [6.45, 7) is 0. The first-order chi connectivity index (χ1) is 23.8. The van der Waals surface area contributed by atoms with Gasteiger partial charge in [-0.1, -0.05) is 103 Å². The number of nitrogens with zero attached hydrogens (tertiary/aromatic N) is 6. The highest BCUT2D eigenvalue weighted by Crippen LogP contribution is 2.37. The van der Waals surface area contributed by atoms with Crippen molar-refractivity contribution in [3.05, 3.63) is 146 Å². The van der Waals surface area contributed by atoms with Crippen LogP contribution in [-0.4, -0.2) is 29.3 Å². The Morgan fingerprint density at radius 1 is 0.479 bits per heavy atom. The lowest BCUT2D eigenvalue weighted by molar-refractivity contribution is 1.19. The van der Waals surface area contributed by atoms with Crippen molar-refractivity contribution < 1.29 is 0 Å². The number of hydrogen-bond acceptors (Lipinski definition) is 6. The van der Waals surface area contributed by atoms with E-state index in [-0.39, 0.29) is 0 Å². The van der Waals surface area contributed by atoms with Crippen molar-refractivity contribution in [1.29, 1.82) is 0 Å². The van der Waals surface area contributed by atoms with E-state index < -0.39 is 0 Å². The standard InChI is InChI=1S/C41H24N6S/c1-3-9-27(10-4-1)36-32-21-29(18-19-31(32)38-40(46-36)47-20-8-7-13-35(47)44-38)25-14-16-26(17-15-25)30-22-33-37-34(48-41(33)43-23-30)24-42-39(45-37)28-11-5-2-6-12-28/h1-24H. The van der Waals surface area contributed by atoms with Crippen molar-refractivity contribution >= 4 is 59.4 Å². The number of pyridine rings is 3. The summed E-state index contributed by atoms with van der Waals surface area (Å²) in [4.78, 5) is 25.5. The lowest BCUT2D eigenvalue weighted by Gasteiger charge is -2.11. The Morgan fingerprint density at radius 2 is 1.19 bits per heavy atom. The van der Waals surface area contributed by atoms with Gasteiger partial charge >= 0.3 is 0 Å². The Labute approximate surface area is 278 Å². The van der Waals surface area contributed by atoms with Gasteiger partial charge in [0.15, 0.2) is 11.5 Å². The second-order valence-corrected chi connectivity index (χ2v) is 12.9. The van der Waals surface area contributed by atoms with Crippen LogP contribution in [0.1, 0.15) is 0 Å². The largest absolute Gasteiger partial charge is 0.284 e. The van der Waals surface area contributed by atoms with Gasteiger partial charge < -0.3 is 0 Å². The minimum Gasteiger partial charge on any atom is -0.284 e. The summed E-state index contributed by atoms with van der Waals surface area (Å²) in [5.74, 6) is 0.723. The van der Waals surface area contributed by atoms with E-state index in [2.05, 4.69) is 82.2 Å². The number of fused-ring (bicyclic) bond motifs is 8. The van der Waals surface area contributed by atoms with Crippen LogP contribution in [0.25, 0.3) is 92.9 Å². The van der Waals surface area contributed by atoms with Crippen LogP contribution < -0.4 is 0 Å². The second-order valence-electron chi connectivity index (χ2n) is 11.8. The van der Waals surface area contributed by atoms with Crippen molar-refractivity contribution in [2.45, 2.75) is 0 Å². The molecule has 6 nitrogen and oxygen atoms in total. The fourth-order valence-electron chi connectivity index (χ4n) is 6.56. The third-order valence-corrected chi connectivity index (χ3v) is 9.99. The molecular formula is C41H24N6S. The smallest absolute Gasteiger partial charge is 0.165 e. The van der Waals surface area contributed by atoms with E-state index in [4.69, 9.17) is 19.9 Å². The molecule has 6 heterocycles. The second kappa shape index (κ2) is 10.6. The van der Waals surface area contributed by atoms with Crippen LogP contribution in [-0.2, 0) is 0 Å². The van der Waals surface area contributed by atoms with Crippen LogP contribution in [0, 0.1) is 0 Å². The van der Waals surface area contributed by atoms with Gasteiger partial charge in [-0.2, -0.15) is 0 Å². The molecule has 0 saturated heterocycles. The lowest BCUT2D eigenvalue weighted by Crippen LogP contribution is -1.92. The quantitative estimate of drug-likeness (QED) is 0.193. The summed E-state index contributed by atoms with van der Waals surface area (Å²) < 4.78 is 3.10. The molecule has 0 radical (unpaired) electrons. The van der Waals surface area contributed by atoms with Crippen molar-refractivity contribution in [3.8, 4) is 44.9 Å². The fourth-order valence-corrected chi connectivity index (χ4v) is 7.50. The third-order valence-electron chi connectivity index (χ3n) is 8.95. The molecule has 0 aliphatic rings. The van der Waals surface area contributed by atoms with Crippen LogP contribution in [0.5, 0.6) is 0 Å². The van der Waals surface area contributed by atoms with Crippen LogP contribution in [0.4, 0.5) is 0 Å². The van der Waals surface area contributed by atoms with Crippen LogP contribution in [0.15, 0.2) is 146 Å². The maximum Gasteiger partial charge on any atom is 0.165 e. The molecule has 7 heteroatoms. The molecule has 0 N–H and O–H groups in total. The predicted octanol–water partition coefficient (Wildman–Crippen LogP) is 10.3. The Morgan fingerprint density at radius 3 is 2.00 bits per heavy atom. The average molecular weight is 633 g/mol. The topological polar surface area (TPSA) is 68.9 Å². The zero-order valence-electron chi connectivity index (χ0n) is 25.4. The van der Waals surface area contributed by atoms with Gasteiger partial charge in [-0.15, -0.1) is 11.3 Å². The minimum absolute atomic E-state index is 0.723. The van der Waals surface area contributed by atoms with Crippen molar-refractivity contribution in [3.63, 3.8) is 0 Å². The van der Waals surface area contributed by atoms with Crippen LogP contribution >= 0.6 is 11.3 Å². The molecule has 0 bridgehead atoms. The van der Waals surface area contributed by atoms with E-state index in [1.807, 2.05) is 73.2 Å². The Kier molecular flexibility index (Phi) is 5.94. The number of rotatable bonds is 4. The van der Waals surface area contributed by atoms with Crippen molar-refractivity contribution in [2.75, 3.05) is 0 Å². The van der Waals surface area contributed by atoms with E-state index in [0.29, 0.717) is 0 Å². The SMILES string of the molecule is c1ccc(-c2ncc3sc4ncc(-c5ccc(-c6ccc7c(c6)c(-c6ccccc6)nc6c7nc7ccccn76)cc5)cc4c3n2)cc1. The summed E-state index contributed by atoms with van der Waals surface area (Å²) in [6.07, 6.45) is 5.89. The first kappa shape index (κ1) is 26.9. The molecule has 0 aliphatic heterocycles. The normalized spacial score (nSPS) is 11.8. The first-order valence-corrected chi connectivity index (χ1v) is 16.6. The van der Waals surface area contributed by atoms with Gasteiger partial charge in [0, 0.05) is 51.4 Å². The van der Waals surface area contributed by atoms with E-state index >= 15 is 0 Å². The summed E-state index contributed by atoms with van der Waals surface area (Å²) >= 11 is 1.62. The minimum atomic E-state index is 0.723. The molecule has 4 aromatic carbocycles. The summed E-state index contributed by atoms with van der Waals surface area (Å²) in [6, 6.07) is 44.1. The molecule has 0 fully saturated rings. The zero-order valence-corrected chi connectivity index (χ0v) is 26.3. The Balaban J connectivity index is 1.06. The maximum absolute atomic E-state index is 5.20. The van der Waals surface area contributed by atoms with Gasteiger partial charge in [0.1, 0.15) is 16.0 Å². The number of aromatic nitrogens is 6. The zero-order chi connectivity index (χ0) is 31.6. The maximum atomic E-state index is 5.20. The third kappa shape index (κ3) is 4.29. The number of hydrogen-bond donors (Lipinski definition) is 0. The van der Waals surface area contributed by atoms with E-state index in [9.17, 15) is 0 Å². The molecule has 6 aromatic heterocycles. The monoisotopic (exact) mass is 632 g/mol. The van der Waals surface area contributed by atoms with E-state index in [1.165, 1.54) is 0 Å². The van der Waals surface area contributed by atoms with Gasteiger partial charge in [-0.05, 0) is 41.0 Å². The molecule has 224 valence electrons. The molecule has 0 saturated carbocycles. The average Bonchev–Trinajstić information content (AvgIpc) is 3.73. The molecule has 0 atom stereocenters. The molecule has 0 spiro atoms. The van der Waals surface area contributed by atoms with E-state index in [0.717, 1.165) is 92.9 Å². The first-order valence-electron chi connectivity index (χ1n) is 15.7. The number of benzene rings is 4. The van der Waals surface area contributed by atoms with Crippen molar-refractivity contribution in [1.82, 2.24) is 29.3 Å². The van der Waals surface area contributed by atoms with Crippen molar-refractivity contribution in [2.24, 2.45) is 0 Å². The van der Waals surface area contributed by atoms with Gasteiger partial charge in [0.05, 0.1) is 15.9 Å². The highest BCUT2D eigenvalue weighted by atomic mass is 32.1. The van der Waals surface area contributed by atoms with Gasteiger partial charge in [-0.3, -0.25) is 4.40 Å². The van der Waals surface area contributed by atoms with E-state index in [1.54, 1.807) is 11.3 Å². The van der Waals surface area contributed by atoms with Gasteiger partial charge in [-0.25, -0.2) is 24.9 Å². The molecule has 10 rings (SSSR count). The molecule has 0 aliphatic carbocycles. The summed E-state index contributed by atoms with van der Waals surface area (Å²) in [5, 5.41) is 3.21. The summed E-state index contributed by atoms with van der Waals surface area (Å²) in [7, 11) is 0. The highest BCUT2D eigenvalue weighted by Gasteiger charge is 2.17. The number of thiophene rings is 1. The van der Waals surface area contributed by atoms with Gasteiger partial charge in [0.2, 0.25) is 0 Å². The highest BCUT2D eigenvalue weighted by molar-refractivity contribution is 7.25. The molecule has 0 unspecified atom stereocenters. The lowest BCUT2D eigenvalue weighted by atomic mass is 9.96. The molecular weight excluding hydrogens is 609 g/mol. The molecule has 0 amide bonds. The van der Waals surface area contributed by atoms with Crippen LogP contribution in [0.2, 0.25) is 0 Å². The Bertz CT molecular complexity index is 2820. The molecule has 10 aromatic rings. The fraction of sp³-hybridized carbons (Fsp3) is 0. The van der Waals surface area contributed by atoms with Crippen LogP contribution in [0.3, 0.4) is 0 Å². The van der Waals surface area contributed by atoms with Gasteiger partial charge in [0.25, 0.3) is 0 Å². The number of imidazole rings is 1. The Hall–Kier alpha value is -6.31. The molecule has 48 heavy (non-hydrogen) atoms. The summed E-state index contributed by atoms with van der Waals surface area (Å²) in [5.41, 5.74) is 11.0. The predicted molar refractivity (Wildman–Crippen MR) is 196 cm³/mol.